The van der Waals surface area contributed by atoms with Crippen LogP contribution >= 0.6 is 11.3 Å². The van der Waals surface area contributed by atoms with Crippen LogP contribution in [0.25, 0.3) is 4.96 Å². The highest BCUT2D eigenvalue weighted by molar-refractivity contribution is 7.89. The van der Waals surface area contributed by atoms with E-state index in [2.05, 4.69) is 9.71 Å². The summed E-state index contributed by atoms with van der Waals surface area (Å²) in [6.45, 7) is 2.00. The fourth-order valence-corrected chi connectivity index (χ4v) is 4.70. The molecule has 2 aromatic heterocycles. The number of hydrogen-bond donors (Lipinski definition) is 2. The van der Waals surface area contributed by atoms with Crippen LogP contribution in [0.5, 0.6) is 0 Å². The average Bonchev–Trinajstić information content (AvgIpc) is 2.97. The fraction of sp³-hybridized carbons (Fsp3) is 0.583. The van der Waals surface area contributed by atoms with Gasteiger partial charge in [0, 0.05) is 17.6 Å². The van der Waals surface area contributed by atoms with E-state index in [-0.39, 0.29) is 16.9 Å². The molecule has 0 radical (unpaired) electrons. The van der Waals surface area contributed by atoms with Gasteiger partial charge in [0.25, 0.3) is 10.0 Å². The topological polar surface area (TPSA) is 89.5 Å². The van der Waals surface area contributed by atoms with E-state index in [1.165, 1.54) is 28.6 Å². The Hall–Kier alpha value is -1.12. The van der Waals surface area contributed by atoms with Crippen LogP contribution in [-0.2, 0) is 10.0 Å². The number of rotatable bonds is 6. The molecule has 8 heteroatoms. The van der Waals surface area contributed by atoms with Crippen LogP contribution in [0, 0.1) is 5.92 Å². The lowest BCUT2D eigenvalue weighted by atomic mass is 10.1. The maximum Gasteiger partial charge on any atom is 0.260 e. The largest absolute Gasteiger partial charge is 0.381 e. The molecule has 0 amide bonds. The summed E-state index contributed by atoms with van der Waals surface area (Å²) in [5, 5.41) is 1.85. The first-order valence-electron chi connectivity index (χ1n) is 6.74. The Morgan fingerprint density at radius 2 is 2.35 bits per heavy atom. The smallest absolute Gasteiger partial charge is 0.260 e. The van der Waals surface area contributed by atoms with E-state index in [0.717, 1.165) is 12.8 Å². The predicted octanol–water partition coefficient (Wildman–Crippen LogP) is 1.84. The van der Waals surface area contributed by atoms with Gasteiger partial charge in [-0.3, -0.25) is 4.40 Å². The number of fused-ring (bicyclic) bond motifs is 1. The number of sulfonamides is 1. The van der Waals surface area contributed by atoms with E-state index >= 15 is 0 Å². The zero-order chi connectivity index (χ0) is 14.3. The van der Waals surface area contributed by atoms with Gasteiger partial charge in [-0.1, -0.05) is 19.8 Å². The Kier molecular flexibility index (Phi) is 3.47. The minimum atomic E-state index is -3.64. The Morgan fingerprint density at radius 3 is 3.00 bits per heavy atom. The highest BCUT2D eigenvalue weighted by Crippen LogP contribution is 2.34. The summed E-state index contributed by atoms with van der Waals surface area (Å²) < 4.78 is 29.4. The minimum absolute atomic E-state index is 0.0314. The van der Waals surface area contributed by atoms with Crippen LogP contribution in [0.1, 0.15) is 32.6 Å². The van der Waals surface area contributed by atoms with Crippen molar-refractivity contribution in [1.29, 1.82) is 0 Å². The molecule has 3 N–H and O–H groups in total. The van der Waals surface area contributed by atoms with Crippen LogP contribution in [0.2, 0.25) is 0 Å². The predicted molar refractivity (Wildman–Crippen MR) is 79.2 cm³/mol. The Labute approximate surface area is 122 Å². The van der Waals surface area contributed by atoms with Crippen molar-refractivity contribution >= 4 is 32.1 Å². The summed E-state index contributed by atoms with van der Waals surface area (Å²) in [5.74, 6) is 0.734. The van der Waals surface area contributed by atoms with E-state index in [1.807, 2.05) is 6.92 Å². The first kappa shape index (κ1) is 13.8. The number of thiazole rings is 1. The summed E-state index contributed by atoms with van der Waals surface area (Å²) in [4.78, 5) is 4.68. The number of nitrogens with zero attached hydrogens (tertiary/aromatic N) is 2. The molecule has 20 heavy (non-hydrogen) atoms. The average molecular weight is 314 g/mol. The van der Waals surface area contributed by atoms with E-state index < -0.39 is 10.0 Å². The molecule has 6 nitrogen and oxygen atoms in total. The van der Waals surface area contributed by atoms with Gasteiger partial charge in [-0.2, -0.15) is 0 Å². The minimum Gasteiger partial charge on any atom is -0.381 e. The highest BCUT2D eigenvalue weighted by atomic mass is 32.2. The van der Waals surface area contributed by atoms with E-state index in [9.17, 15) is 8.42 Å². The molecule has 2 heterocycles. The molecule has 2 aromatic rings. The number of nitrogen functional groups attached to an aromatic ring is 1. The second kappa shape index (κ2) is 5.01. The monoisotopic (exact) mass is 314 g/mol. The van der Waals surface area contributed by atoms with Gasteiger partial charge in [0.05, 0.1) is 0 Å². The molecule has 1 saturated carbocycles. The standard InChI is InChI=1S/C12H18N4O2S2/c1-2-9(7-8-3-4-8)15-20(17,18)11-10(13)14-12-16(11)5-6-19-12/h5-6,8-9,15H,2-4,7,13H2,1H3. The van der Waals surface area contributed by atoms with Crippen LogP contribution in [0.15, 0.2) is 16.6 Å². The second-order valence-corrected chi connectivity index (χ2v) is 7.77. The molecule has 1 aliphatic carbocycles. The van der Waals surface area contributed by atoms with Gasteiger partial charge in [-0.25, -0.2) is 18.1 Å². The number of nitrogens with two attached hydrogens (primary N) is 1. The Bertz CT molecular complexity index is 715. The highest BCUT2D eigenvalue weighted by Gasteiger charge is 2.30. The molecule has 0 aliphatic heterocycles. The SMILES string of the molecule is CCC(CC1CC1)NS(=O)(=O)c1c(N)nc2sccn12. The van der Waals surface area contributed by atoms with Crippen molar-refractivity contribution in [3.63, 3.8) is 0 Å². The Balaban J connectivity index is 1.90. The van der Waals surface area contributed by atoms with Gasteiger partial charge in [0.1, 0.15) is 0 Å². The van der Waals surface area contributed by atoms with Crippen molar-refractivity contribution in [2.45, 2.75) is 43.7 Å². The normalized spacial score (nSPS) is 17.6. The number of hydrogen-bond acceptors (Lipinski definition) is 5. The quantitative estimate of drug-likeness (QED) is 0.851. The molecule has 1 fully saturated rings. The van der Waals surface area contributed by atoms with Crippen molar-refractivity contribution in [3.05, 3.63) is 11.6 Å². The van der Waals surface area contributed by atoms with Gasteiger partial charge >= 0.3 is 0 Å². The van der Waals surface area contributed by atoms with Crippen LogP contribution < -0.4 is 10.5 Å². The molecule has 0 spiro atoms. The summed E-state index contributed by atoms with van der Waals surface area (Å²) in [6.07, 6.45) is 5.78. The lowest BCUT2D eigenvalue weighted by molar-refractivity contribution is 0.493. The zero-order valence-electron chi connectivity index (χ0n) is 11.2. The summed E-state index contributed by atoms with van der Waals surface area (Å²) >= 11 is 1.36. The molecule has 0 bridgehead atoms. The van der Waals surface area contributed by atoms with Gasteiger partial charge in [-0.05, 0) is 18.8 Å². The molecule has 1 aliphatic rings. The molecule has 1 unspecified atom stereocenters. The van der Waals surface area contributed by atoms with E-state index in [4.69, 9.17) is 5.73 Å². The van der Waals surface area contributed by atoms with Crippen molar-refractivity contribution in [2.75, 3.05) is 5.73 Å². The third-order valence-electron chi connectivity index (χ3n) is 3.63. The maximum absolute atomic E-state index is 12.5. The lowest BCUT2D eigenvalue weighted by Crippen LogP contribution is -2.35. The Morgan fingerprint density at radius 1 is 1.60 bits per heavy atom. The third-order valence-corrected chi connectivity index (χ3v) is 5.94. The molecule has 110 valence electrons. The van der Waals surface area contributed by atoms with Gasteiger partial charge < -0.3 is 5.73 Å². The molecular formula is C12H18N4O2S2. The second-order valence-electron chi connectivity index (χ2n) is 5.26. The summed E-state index contributed by atoms with van der Waals surface area (Å²) in [6, 6.07) is -0.0314. The first-order valence-corrected chi connectivity index (χ1v) is 9.11. The van der Waals surface area contributed by atoms with Crippen LogP contribution in [0.4, 0.5) is 5.82 Å². The van der Waals surface area contributed by atoms with Gasteiger partial charge in [-0.15, -0.1) is 11.3 Å². The summed E-state index contributed by atoms with van der Waals surface area (Å²) in [7, 11) is -3.64. The van der Waals surface area contributed by atoms with Crippen molar-refractivity contribution in [1.82, 2.24) is 14.1 Å². The first-order chi connectivity index (χ1) is 9.51. The van der Waals surface area contributed by atoms with Crippen molar-refractivity contribution in [3.8, 4) is 0 Å². The zero-order valence-corrected chi connectivity index (χ0v) is 12.9. The van der Waals surface area contributed by atoms with E-state index in [1.54, 1.807) is 11.6 Å². The van der Waals surface area contributed by atoms with Crippen molar-refractivity contribution in [2.24, 2.45) is 5.92 Å². The molecule has 0 aromatic carbocycles. The molecule has 3 rings (SSSR count). The van der Waals surface area contributed by atoms with E-state index in [0.29, 0.717) is 10.9 Å². The summed E-state index contributed by atoms with van der Waals surface area (Å²) in [5.41, 5.74) is 5.77. The maximum atomic E-state index is 12.5. The molecule has 1 atom stereocenters. The van der Waals surface area contributed by atoms with Crippen LogP contribution in [0.3, 0.4) is 0 Å². The lowest BCUT2D eigenvalue weighted by Gasteiger charge is -2.16. The molecule has 0 saturated heterocycles. The van der Waals surface area contributed by atoms with Crippen LogP contribution in [-0.4, -0.2) is 23.8 Å². The third kappa shape index (κ3) is 2.55. The van der Waals surface area contributed by atoms with Gasteiger partial charge in [0.2, 0.25) is 0 Å². The fourth-order valence-electron chi connectivity index (χ4n) is 2.38. The number of nitrogens with one attached hydrogen (secondary N) is 1. The van der Waals surface area contributed by atoms with Crippen molar-refractivity contribution < 1.29 is 8.42 Å². The number of aromatic nitrogens is 2. The number of imidazole rings is 1. The molecular weight excluding hydrogens is 296 g/mol. The van der Waals surface area contributed by atoms with Gasteiger partial charge in [0.15, 0.2) is 15.8 Å². The number of anilines is 1.